The largest absolute Gasteiger partial charge is 0.312 e. The van der Waals surface area contributed by atoms with Gasteiger partial charge in [-0.05, 0) is 43.4 Å². The molecule has 0 unspecified atom stereocenters. The van der Waals surface area contributed by atoms with Crippen molar-refractivity contribution in [3.05, 3.63) is 17.0 Å². The Morgan fingerprint density at radius 1 is 1.30 bits per heavy atom. The van der Waals surface area contributed by atoms with Crippen molar-refractivity contribution < 1.29 is 8.42 Å². The summed E-state index contributed by atoms with van der Waals surface area (Å²) in [7, 11) is -3.34. The van der Waals surface area contributed by atoms with E-state index in [0.717, 1.165) is 37.2 Å². The Morgan fingerprint density at radius 3 is 2.60 bits per heavy atom. The molecule has 0 bridgehead atoms. The molecule has 0 saturated heterocycles. The van der Waals surface area contributed by atoms with Crippen LogP contribution < -0.4 is 10.0 Å². The van der Waals surface area contributed by atoms with E-state index in [0.29, 0.717) is 10.8 Å². The van der Waals surface area contributed by atoms with Crippen LogP contribution in [0.3, 0.4) is 0 Å². The summed E-state index contributed by atoms with van der Waals surface area (Å²) < 4.78 is 27.8. The summed E-state index contributed by atoms with van der Waals surface area (Å²) in [6.45, 7) is 6.38. The number of nitrogens with one attached hydrogen (secondary N) is 2. The van der Waals surface area contributed by atoms with Gasteiger partial charge < -0.3 is 5.32 Å². The summed E-state index contributed by atoms with van der Waals surface area (Å²) in [6, 6.07) is 3.60. The third-order valence-corrected chi connectivity index (χ3v) is 7.23. The molecular formula is C14H24N2O2S2. The summed E-state index contributed by atoms with van der Waals surface area (Å²) >= 11 is 1.35. The third-order valence-electron chi connectivity index (χ3n) is 4.25. The van der Waals surface area contributed by atoms with Crippen molar-refractivity contribution in [1.82, 2.24) is 10.0 Å². The van der Waals surface area contributed by atoms with E-state index >= 15 is 0 Å². The number of hydrogen-bond donors (Lipinski definition) is 2. The predicted octanol–water partition coefficient (Wildman–Crippen LogP) is 2.72. The second kappa shape index (κ2) is 6.56. The van der Waals surface area contributed by atoms with E-state index in [1.807, 2.05) is 13.0 Å². The smallest absolute Gasteiger partial charge is 0.250 e. The van der Waals surface area contributed by atoms with Gasteiger partial charge in [-0.2, -0.15) is 0 Å². The molecule has 114 valence electrons. The topological polar surface area (TPSA) is 58.2 Å². The van der Waals surface area contributed by atoms with Gasteiger partial charge in [0.1, 0.15) is 4.21 Å². The summed E-state index contributed by atoms with van der Waals surface area (Å²) in [5.74, 6) is 0. The van der Waals surface area contributed by atoms with Crippen LogP contribution in [0.4, 0.5) is 0 Å². The standard InChI is InChI=1S/C14H24N2O2S2/c1-3-14(8-5-9-14)11-16-20(17,18)13-7-6-12(19-13)10-15-4-2/h6-7,15-16H,3-5,8-11H2,1-2H3. The molecule has 1 heterocycles. The minimum Gasteiger partial charge on any atom is -0.312 e. The van der Waals surface area contributed by atoms with Crippen molar-refractivity contribution in [3.63, 3.8) is 0 Å². The molecule has 6 heteroatoms. The first-order chi connectivity index (χ1) is 9.51. The average Bonchev–Trinajstić information content (AvgIpc) is 2.85. The van der Waals surface area contributed by atoms with Gasteiger partial charge in [0.2, 0.25) is 10.0 Å². The molecular weight excluding hydrogens is 292 g/mol. The molecule has 1 aromatic heterocycles. The first kappa shape index (κ1) is 15.9. The Labute approximate surface area is 126 Å². The Bertz CT molecular complexity index is 528. The number of sulfonamides is 1. The second-order valence-electron chi connectivity index (χ2n) is 5.53. The fourth-order valence-electron chi connectivity index (χ4n) is 2.50. The van der Waals surface area contributed by atoms with Gasteiger partial charge in [0.15, 0.2) is 0 Å². The van der Waals surface area contributed by atoms with Gasteiger partial charge in [0.05, 0.1) is 0 Å². The van der Waals surface area contributed by atoms with Crippen LogP contribution >= 0.6 is 11.3 Å². The van der Waals surface area contributed by atoms with E-state index in [1.165, 1.54) is 17.8 Å². The van der Waals surface area contributed by atoms with Crippen LogP contribution in [0.15, 0.2) is 16.3 Å². The molecule has 1 aliphatic carbocycles. The predicted molar refractivity (Wildman–Crippen MR) is 83.5 cm³/mol. The molecule has 2 N–H and O–H groups in total. The minimum atomic E-state index is -3.34. The van der Waals surface area contributed by atoms with Crippen molar-refractivity contribution in [1.29, 1.82) is 0 Å². The maximum atomic E-state index is 12.3. The van der Waals surface area contributed by atoms with Gasteiger partial charge in [-0.3, -0.25) is 0 Å². The van der Waals surface area contributed by atoms with Gasteiger partial charge in [0, 0.05) is 18.0 Å². The lowest BCUT2D eigenvalue weighted by molar-refractivity contribution is 0.133. The molecule has 4 nitrogen and oxygen atoms in total. The van der Waals surface area contributed by atoms with Crippen molar-refractivity contribution in [3.8, 4) is 0 Å². The van der Waals surface area contributed by atoms with Crippen LogP contribution in [0.25, 0.3) is 0 Å². The van der Waals surface area contributed by atoms with E-state index in [1.54, 1.807) is 6.07 Å². The fourth-order valence-corrected chi connectivity index (χ4v) is 5.02. The minimum absolute atomic E-state index is 0.205. The van der Waals surface area contributed by atoms with Gasteiger partial charge in [0.25, 0.3) is 0 Å². The molecule has 1 aliphatic rings. The van der Waals surface area contributed by atoms with Crippen molar-refractivity contribution in [2.75, 3.05) is 13.1 Å². The van der Waals surface area contributed by atoms with Gasteiger partial charge >= 0.3 is 0 Å². The normalized spacial score (nSPS) is 17.9. The Balaban J connectivity index is 1.97. The number of thiophene rings is 1. The van der Waals surface area contributed by atoms with Crippen molar-refractivity contribution >= 4 is 21.4 Å². The molecule has 0 radical (unpaired) electrons. The average molecular weight is 316 g/mol. The summed E-state index contributed by atoms with van der Waals surface area (Å²) in [6.07, 6.45) is 4.55. The lowest BCUT2D eigenvalue weighted by atomic mass is 9.67. The molecule has 2 rings (SSSR count). The van der Waals surface area contributed by atoms with E-state index < -0.39 is 10.0 Å². The van der Waals surface area contributed by atoms with Crippen LogP contribution in [-0.4, -0.2) is 21.5 Å². The Hall–Kier alpha value is -0.430. The van der Waals surface area contributed by atoms with Crippen molar-refractivity contribution in [2.45, 2.75) is 50.3 Å². The SMILES string of the molecule is CCNCc1ccc(S(=O)(=O)NCC2(CC)CCC2)s1. The van der Waals surface area contributed by atoms with Crippen molar-refractivity contribution in [2.24, 2.45) is 5.41 Å². The Kier molecular flexibility index (Phi) is 5.23. The van der Waals surface area contributed by atoms with Crippen LogP contribution in [0.2, 0.25) is 0 Å². The number of hydrogen-bond acceptors (Lipinski definition) is 4. The molecule has 0 amide bonds. The zero-order valence-corrected chi connectivity index (χ0v) is 13.9. The summed E-state index contributed by atoms with van der Waals surface area (Å²) in [5, 5.41) is 3.21. The molecule has 1 saturated carbocycles. The maximum absolute atomic E-state index is 12.3. The van der Waals surface area contributed by atoms with E-state index in [-0.39, 0.29) is 5.41 Å². The second-order valence-corrected chi connectivity index (χ2v) is 8.69. The molecule has 1 fully saturated rings. The third kappa shape index (κ3) is 3.61. The Morgan fingerprint density at radius 2 is 2.05 bits per heavy atom. The van der Waals surface area contributed by atoms with E-state index in [9.17, 15) is 8.42 Å². The first-order valence-corrected chi connectivity index (χ1v) is 9.60. The van der Waals surface area contributed by atoms with E-state index in [4.69, 9.17) is 0 Å². The lowest BCUT2D eigenvalue weighted by Gasteiger charge is -2.41. The van der Waals surface area contributed by atoms with Gasteiger partial charge in [-0.25, -0.2) is 13.1 Å². The monoisotopic (exact) mass is 316 g/mol. The molecule has 20 heavy (non-hydrogen) atoms. The van der Waals surface area contributed by atoms with E-state index in [2.05, 4.69) is 17.0 Å². The fraction of sp³-hybridized carbons (Fsp3) is 0.714. The summed E-state index contributed by atoms with van der Waals surface area (Å²) in [5.41, 5.74) is 0.205. The molecule has 0 aliphatic heterocycles. The number of rotatable bonds is 8. The lowest BCUT2D eigenvalue weighted by Crippen LogP contribution is -2.41. The van der Waals surface area contributed by atoms with Crippen LogP contribution in [0, 0.1) is 5.41 Å². The highest BCUT2D eigenvalue weighted by atomic mass is 32.2. The summed E-state index contributed by atoms with van der Waals surface area (Å²) in [4.78, 5) is 1.06. The highest BCUT2D eigenvalue weighted by Crippen LogP contribution is 2.43. The molecule has 0 spiro atoms. The zero-order valence-electron chi connectivity index (χ0n) is 12.2. The van der Waals surface area contributed by atoms with Crippen LogP contribution in [0.1, 0.15) is 44.4 Å². The van der Waals surface area contributed by atoms with Gasteiger partial charge in [-0.15, -0.1) is 11.3 Å². The maximum Gasteiger partial charge on any atom is 0.250 e. The highest BCUT2D eigenvalue weighted by molar-refractivity contribution is 7.91. The van der Waals surface area contributed by atoms with Crippen LogP contribution in [-0.2, 0) is 16.6 Å². The quantitative estimate of drug-likeness (QED) is 0.775. The van der Waals surface area contributed by atoms with Gasteiger partial charge in [-0.1, -0.05) is 20.3 Å². The molecule has 0 atom stereocenters. The first-order valence-electron chi connectivity index (χ1n) is 7.30. The molecule has 1 aromatic rings. The highest BCUT2D eigenvalue weighted by Gasteiger charge is 2.36. The molecule has 0 aromatic carbocycles. The zero-order chi connectivity index (χ0) is 14.6. The van der Waals surface area contributed by atoms with Crippen LogP contribution in [0.5, 0.6) is 0 Å².